The molecule has 6 nitrogen and oxygen atoms in total. The Hall–Kier alpha value is -10.2. The Kier molecular flexibility index (Phi) is 9.78. The Bertz CT molecular complexity index is 4620. The first kappa shape index (κ1) is 42.5. The predicted molar refractivity (Wildman–Crippen MR) is 308 cm³/mol. The zero-order valence-electron chi connectivity index (χ0n) is 40.5. The van der Waals surface area contributed by atoms with Crippen LogP contribution in [0.1, 0.15) is 0 Å². The molecule has 0 N–H and O–H groups in total. The summed E-state index contributed by atoms with van der Waals surface area (Å²) in [6.45, 7) is 0. The number of para-hydroxylation sites is 2. The van der Waals surface area contributed by atoms with Crippen LogP contribution in [0.5, 0.6) is 0 Å². The minimum absolute atomic E-state index is 0.512. The minimum Gasteiger partial charge on any atom is -0.456 e. The first-order chi connectivity index (χ1) is 37.2. The molecule has 0 bridgehead atoms. The molecule has 6 heteroatoms. The zero-order valence-corrected chi connectivity index (χ0v) is 40.5. The summed E-state index contributed by atoms with van der Waals surface area (Å²) in [7, 11) is 0. The highest BCUT2D eigenvalue weighted by Crippen LogP contribution is 2.43. The molecule has 0 spiro atoms. The fraction of sp³-hybridized carbons (Fsp3) is 0. The normalized spacial score (nSPS) is 11.7. The van der Waals surface area contributed by atoms with Gasteiger partial charge in [-0.25, -0.2) is 4.98 Å². The maximum absolute atomic E-state index is 6.57. The van der Waals surface area contributed by atoms with E-state index in [1.165, 1.54) is 5.56 Å². The number of rotatable bonds is 8. The van der Waals surface area contributed by atoms with Gasteiger partial charge in [0.1, 0.15) is 11.2 Å². The first-order valence-electron chi connectivity index (χ1n) is 25.3. The average molecular weight is 958 g/mol. The Morgan fingerprint density at radius 3 is 1.37 bits per heavy atom. The molecular weight excluding hydrogens is 915 g/mol. The van der Waals surface area contributed by atoms with E-state index in [2.05, 4.69) is 264 Å². The van der Waals surface area contributed by atoms with Crippen LogP contribution in [-0.4, -0.2) is 24.1 Å². The van der Waals surface area contributed by atoms with E-state index in [9.17, 15) is 0 Å². The summed E-state index contributed by atoms with van der Waals surface area (Å²) in [6, 6.07) is 92.2. The molecule has 4 aromatic heterocycles. The second-order valence-corrected chi connectivity index (χ2v) is 19.1. The molecule has 0 saturated carbocycles. The van der Waals surface area contributed by atoms with Crippen molar-refractivity contribution in [2.24, 2.45) is 0 Å². The number of hydrogen-bond donors (Lipinski definition) is 0. The van der Waals surface area contributed by atoms with Crippen molar-refractivity contribution in [3.63, 3.8) is 0 Å². The Morgan fingerprint density at radius 1 is 0.280 bits per heavy atom. The van der Waals surface area contributed by atoms with Crippen LogP contribution >= 0.6 is 0 Å². The van der Waals surface area contributed by atoms with Crippen LogP contribution in [0, 0.1) is 0 Å². The summed E-state index contributed by atoms with van der Waals surface area (Å²) in [5.41, 5.74) is 17.5. The molecule has 75 heavy (non-hydrogen) atoms. The summed E-state index contributed by atoms with van der Waals surface area (Å²) in [4.78, 5) is 16.7. The zero-order chi connectivity index (χ0) is 49.4. The van der Waals surface area contributed by atoms with Gasteiger partial charge in [0.25, 0.3) is 0 Å². The Labute approximate surface area is 431 Å². The molecule has 0 fully saturated rings. The molecule has 0 amide bonds. The van der Waals surface area contributed by atoms with Crippen molar-refractivity contribution in [2.45, 2.75) is 0 Å². The summed E-state index contributed by atoms with van der Waals surface area (Å²) < 4.78 is 11.3. The van der Waals surface area contributed by atoms with Gasteiger partial charge in [0, 0.05) is 49.1 Å². The van der Waals surface area contributed by atoms with Crippen LogP contribution in [0.2, 0.25) is 0 Å². The molecule has 0 saturated heterocycles. The summed E-state index contributed by atoms with van der Waals surface area (Å²) in [5.74, 6) is 1.62. The van der Waals surface area contributed by atoms with Crippen LogP contribution in [0.15, 0.2) is 265 Å². The number of hydrogen-bond acceptors (Lipinski definition) is 4. The average Bonchev–Trinajstić information content (AvgIpc) is 4.28. The molecule has 0 unspecified atom stereocenters. The Morgan fingerprint density at radius 2 is 0.760 bits per heavy atom. The lowest BCUT2D eigenvalue weighted by atomic mass is 9.96. The van der Waals surface area contributed by atoms with Gasteiger partial charge >= 0.3 is 0 Å². The highest BCUT2D eigenvalue weighted by molar-refractivity contribution is 6.24. The first-order valence-corrected chi connectivity index (χ1v) is 25.3. The van der Waals surface area contributed by atoms with Crippen molar-refractivity contribution in [1.29, 1.82) is 0 Å². The molecular formula is C69H43N5O. The molecule has 0 atom stereocenters. The van der Waals surface area contributed by atoms with Gasteiger partial charge in [0.2, 0.25) is 5.95 Å². The Balaban J connectivity index is 1.03. The second-order valence-electron chi connectivity index (χ2n) is 19.1. The molecule has 11 aromatic carbocycles. The predicted octanol–water partition coefficient (Wildman–Crippen LogP) is 18.0. The van der Waals surface area contributed by atoms with Gasteiger partial charge in [-0.2, -0.15) is 9.97 Å². The van der Waals surface area contributed by atoms with Crippen molar-refractivity contribution in [3.05, 3.63) is 261 Å². The standard InChI is InChI=1S/C69H43N5O/c1-5-18-44(19-6-1)47-32-35-53(36-33-47)73-60-29-15-13-26-55(60)57-37-38-58-56-27-14-16-30-61(56)74(66(58)65(57)73)69-71-67(49-34-39-62-59(43-49)64-54(28-17-31-63(64)75-62)48-24-11-4-12-25-48)70-68(72-69)52-41-50(45-20-7-2-8-21-45)40-51(42-52)46-22-9-3-10-23-46/h1-43H. The number of fused-ring (bicyclic) bond motifs is 10. The van der Waals surface area contributed by atoms with E-state index in [0.29, 0.717) is 17.6 Å². The maximum Gasteiger partial charge on any atom is 0.238 e. The van der Waals surface area contributed by atoms with Gasteiger partial charge in [0.05, 0.1) is 22.1 Å². The minimum atomic E-state index is 0.512. The lowest BCUT2D eigenvalue weighted by Crippen LogP contribution is -2.07. The third kappa shape index (κ3) is 7.07. The molecule has 15 aromatic rings. The van der Waals surface area contributed by atoms with E-state index in [0.717, 1.165) is 121 Å². The number of nitrogens with zero attached hydrogens (tertiary/aromatic N) is 5. The van der Waals surface area contributed by atoms with Gasteiger partial charge in [-0.05, 0) is 111 Å². The molecule has 0 aliphatic rings. The van der Waals surface area contributed by atoms with E-state index >= 15 is 0 Å². The number of benzene rings is 11. The number of furan rings is 1. The van der Waals surface area contributed by atoms with Gasteiger partial charge in [0.15, 0.2) is 11.6 Å². The van der Waals surface area contributed by atoms with Gasteiger partial charge in [-0.1, -0.05) is 194 Å². The maximum atomic E-state index is 6.57. The topological polar surface area (TPSA) is 61.7 Å². The third-order valence-electron chi connectivity index (χ3n) is 14.8. The lowest BCUT2D eigenvalue weighted by Gasteiger charge is -2.15. The van der Waals surface area contributed by atoms with Crippen LogP contribution in [0.4, 0.5) is 0 Å². The van der Waals surface area contributed by atoms with Crippen molar-refractivity contribution < 1.29 is 4.42 Å². The molecule has 0 aliphatic carbocycles. The van der Waals surface area contributed by atoms with Crippen LogP contribution in [0.3, 0.4) is 0 Å². The van der Waals surface area contributed by atoms with Gasteiger partial charge in [-0.3, -0.25) is 4.57 Å². The smallest absolute Gasteiger partial charge is 0.238 e. The summed E-state index contributed by atoms with van der Waals surface area (Å²) >= 11 is 0. The van der Waals surface area contributed by atoms with Crippen LogP contribution in [-0.2, 0) is 0 Å². The van der Waals surface area contributed by atoms with Gasteiger partial charge < -0.3 is 8.98 Å². The fourth-order valence-corrected chi connectivity index (χ4v) is 11.3. The molecule has 15 rings (SSSR count). The third-order valence-corrected chi connectivity index (χ3v) is 14.8. The molecule has 350 valence electrons. The van der Waals surface area contributed by atoms with E-state index in [1.54, 1.807) is 0 Å². The monoisotopic (exact) mass is 957 g/mol. The molecule has 0 radical (unpaired) electrons. The highest BCUT2D eigenvalue weighted by atomic mass is 16.3. The quantitative estimate of drug-likeness (QED) is 0.152. The second kappa shape index (κ2) is 17.3. The largest absolute Gasteiger partial charge is 0.456 e. The molecule has 4 heterocycles. The summed E-state index contributed by atoms with van der Waals surface area (Å²) in [6.07, 6.45) is 0. The van der Waals surface area contributed by atoms with Crippen LogP contribution < -0.4 is 0 Å². The van der Waals surface area contributed by atoms with E-state index in [1.807, 2.05) is 6.07 Å². The fourth-order valence-electron chi connectivity index (χ4n) is 11.3. The van der Waals surface area contributed by atoms with Crippen molar-refractivity contribution in [2.75, 3.05) is 0 Å². The van der Waals surface area contributed by atoms with E-state index in [4.69, 9.17) is 19.4 Å². The van der Waals surface area contributed by atoms with E-state index in [-0.39, 0.29) is 0 Å². The van der Waals surface area contributed by atoms with Gasteiger partial charge in [-0.15, -0.1) is 0 Å². The van der Waals surface area contributed by atoms with Crippen molar-refractivity contribution in [1.82, 2.24) is 24.1 Å². The SMILES string of the molecule is c1ccc(-c2ccc(-n3c4ccccc4c4ccc5c6ccccc6n(-c6nc(-c7cc(-c8ccccc8)cc(-c8ccccc8)c7)nc(-c7ccc8oc9cccc(-c%10ccccc%10)c9c8c7)n6)c5c43)cc2)cc1. The number of aromatic nitrogens is 5. The van der Waals surface area contributed by atoms with Crippen molar-refractivity contribution >= 4 is 65.6 Å². The van der Waals surface area contributed by atoms with Crippen LogP contribution in [0.25, 0.3) is 144 Å². The van der Waals surface area contributed by atoms with E-state index < -0.39 is 0 Å². The highest BCUT2D eigenvalue weighted by Gasteiger charge is 2.25. The van der Waals surface area contributed by atoms with Crippen molar-refractivity contribution in [3.8, 4) is 78.9 Å². The lowest BCUT2D eigenvalue weighted by molar-refractivity contribution is 0.669. The summed E-state index contributed by atoms with van der Waals surface area (Å²) in [5, 5.41) is 6.54. The molecule has 0 aliphatic heterocycles.